The molecule has 0 saturated carbocycles. The third-order valence-corrected chi connectivity index (χ3v) is 5.32. The minimum atomic E-state index is -0.200. The average molecular weight is 278 g/mol. The van der Waals surface area contributed by atoms with Gasteiger partial charge in [-0.05, 0) is 38.4 Å². The van der Waals surface area contributed by atoms with Crippen molar-refractivity contribution in [2.75, 3.05) is 18.2 Å². The minimum absolute atomic E-state index is 0.200. The predicted octanol–water partition coefficient (Wildman–Crippen LogP) is 3.53. The lowest BCUT2D eigenvalue weighted by Gasteiger charge is -2.36. The number of alkyl halides is 1. The van der Waals surface area contributed by atoms with Crippen molar-refractivity contribution in [2.45, 2.75) is 57.2 Å². The lowest BCUT2D eigenvalue weighted by Crippen LogP contribution is -2.49. The van der Waals surface area contributed by atoms with Gasteiger partial charge in [-0.2, -0.15) is 0 Å². The van der Waals surface area contributed by atoms with Gasteiger partial charge in [0.05, 0.1) is 4.75 Å². The van der Waals surface area contributed by atoms with E-state index in [1.807, 2.05) is 16.7 Å². The maximum atomic E-state index is 12.7. The van der Waals surface area contributed by atoms with Crippen LogP contribution in [0.25, 0.3) is 0 Å². The van der Waals surface area contributed by atoms with Gasteiger partial charge in [-0.3, -0.25) is 4.79 Å². The zero-order valence-electron chi connectivity index (χ0n) is 11.2. The van der Waals surface area contributed by atoms with E-state index in [1.165, 1.54) is 0 Å². The summed E-state index contributed by atoms with van der Waals surface area (Å²) < 4.78 is -0.200. The third-order valence-electron chi connectivity index (χ3n) is 3.64. The Morgan fingerprint density at radius 1 is 1.47 bits per heavy atom. The Balaban J connectivity index is 2.78. The molecule has 1 atom stereocenters. The summed E-state index contributed by atoms with van der Waals surface area (Å²) in [7, 11) is 0. The molecular formula is C13H24ClNOS. The van der Waals surface area contributed by atoms with E-state index in [1.54, 1.807) is 0 Å². The fourth-order valence-corrected chi connectivity index (χ4v) is 3.97. The Morgan fingerprint density at radius 2 is 2.12 bits per heavy atom. The molecule has 4 heteroatoms. The molecule has 0 bridgehead atoms. The number of thioether (sulfide) groups is 1. The second kappa shape index (κ2) is 6.89. The zero-order chi connectivity index (χ0) is 12.9. The van der Waals surface area contributed by atoms with Gasteiger partial charge in [-0.15, -0.1) is 23.4 Å². The van der Waals surface area contributed by atoms with Crippen LogP contribution >= 0.6 is 23.4 Å². The van der Waals surface area contributed by atoms with Crippen molar-refractivity contribution in [3.63, 3.8) is 0 Å². The first-order valence-electron chi connectivity index (χ1n) is 6.60. The summed E-state index contributed by atoms with van der Waals surface area (Å²) in [6.45, 7) is 7.07. The molecule has 17 heavy (non-hydrogen) atoms. The van der Waals surface area contributed by atoms with Crippen LogP contribution in [0.5, 0.6) is 0 Å². The van der Waals surface area contributed by atoms with E-state index in [0.29, 0.717) is 24.4 Å². The van der Waals surface area contributed by atoms with Crippen LogP contribution < -0.4 is 0 Å². The number of hydrogen-bond donors (Lipinski definition) is 0. The summed E-state index contributed by atoms with van der Waals surface area (Å²) in [6.07, 6.45) is 4.19. The molecule has 0 aromatic carbocycles. The van der Waals surface area contributed by atoms with Gasteiger partial charge in [0, 0.05) is 18.5 Å². The first-order chi connectivity index (χ1) is 8.09. The molecule has 0 radical (unpaired) electrons. The molecule has 0 spiro atoms. The van der Waals surface area contributed by atoms with Crippen molar-refractivity contribution in [1.82, 2.24) is 4.90 Å². The summed E-state index contributed by atoms with van der Waals surface area (Å²) in [6, 6.07) is 0.347. The van der Waals surface area contributed by atoms with E-state index in [4.69, 9.17) is 11.6 Å². The lowest BCUT2D eigenvalue weighted by atomic mass is 10.0. The molecule has 1 aliphatic rings. The fourth-order valence-electron chi connectivity index (χ4n) is 2.52. The van der Waals surface area contributed by atoms with Crippen molar-refractivity contribution >= 4 is 29.3 Å². The number of rotatable bonds is 6. The predicted molar refractivity (Wildman–Crippen MR) is 76.9 cm³/mol. The van der Waals surface area contributed by atoms with Crippen molar-refractivity contribution < 1.29 is 4.79 Å². The van der Waals surface area contributed by atoms with Crippen LogP contribution in [0.3, 0.4) is 0 Å². The standard InChI is InChI=1S/C13H24ClNOS/c1-4-11(5-2)15(9-8-14)12(16)13(3)7-6-10-17-13/h11H,4-10H2,1-3H3. The minimum Gasteiger partial charge on any atom is -0.337 e. The van der Waals surface area contributed by atoms with E-state index >= 15 is 0 Å². The van der Waals surface area contributed by atoms with Crippen LogP contribution in [-0.4, -0.2) is 39.8 Å². The van der Waals surface area contributed by atoms with Gasteiger partial charge < -0.3 is 4.90 Å². The Hall–Kier alpha value is 0.110. The molecule has 1 rings (SSSR count). The number of carbonyl (C=O) groups is 1. The van der Waals surface area contributed by atoms with Crippen molar-refractivity contribution in [3.05, 3.63) is 0 Å². The van der Waals surface area contributed by atoms with E-state index in [9.17, 15) is 4.79 Å². The Kier molecular flexibility index (Phi) is 6.14. The van der Waals surface area contributed by atoms with Crippen LogP contribution in [0.2, 0.25) is 0 Å². The van der Waals surface area contributed by atoms with E-state index in [-0.39, 0.29) is 4.75 Å². The maximum Gasteiger partial charge on any atom is 0.238 e. The number of carbonyl (C=O) groups excluding carboxylic acids is 1. The summed E-state index contributed by atoms with van der Waals surface area (Å²) in [5.41, 5.74) is 0. The zero-order valence-corrected chi connectivity index (χ0v) is 12.7. The normalized spacial score (nSPS) is 24.3. The quantitative estimate of drug-likeness (QED) is 0.693. The van der Waals surface area contributed by atoms with E-state index in [2.05, 4.69) is 20.8 Å². The molecule has 0 aromatic rings. The summed E-state index contributed by atoms with van der Waals surface area (Å²) >= 11 is 7.66. The van der Waals surface area contributed by atoms with Gasteiger partial charge in [0.15, 0.2) is 0 Å². The Morgan fingerprint density at radius 3 is 2.53 bits per heavy atom. The number of amides is 1. The van der Waals surface area contributed by atoms with Crippen LogP contribution in [0.4, 0.5) is 0 Å². The first kappa shape index (κ1) is 15.2. The first-order valence-corrected chi connectivity index (χ1v) is 8.12. The fraction of sp³-hybridized carbons (Fsp3) is 0.923. The van der Waals surface area contributed by atoms with E-state index < -0.39 is 0 Å². The molecule has 1 unspecified atom stereocenters. The van der Waals surface area contributed by atoms with Gasteiger partial charge in [0.25, 0.3) is 0 Å². The van der Waals surface area contributed by atoms with Gasteiger partial charge in [-0.1, -0.05) is 13.8 Å². The van der Waals surface area contributed by atoms with Crippen molar-refractivity contribution in [3.8, 4) is 0 Å². The number of hydrogen-bond acceptors (Lipinski definition) is 2. The number of halogens is 1. The molecule has 1 fully saturated rings. The molecule has 0 N–H and O–H groups in total. The Labute approximate surface area is 114 Å². The topological polar surface area (TPSA) is 20.3 Å². The Bertz CT molecular complexity index is 250. The lowest BCUT2D eigenvalue weighted by molar-refractivity contribution is -0.135. The van der Waals surface area contributed by atoms with Gasteiger partial charge in [0.1, 0.15) is 0 Å². The highest BCUT2D eigenvalue weighted by molar-refractivity contribution is 8.01. The summed E-state index contributed by atoms with van der Waals surface area (Å²) in [4.78, 5) is 14.7. The molecule has 1 aliphatic heterocycles. The second-order valence-electron chi connectivity index (χ2n) is 4.84. The van der Waals surface area contributed by atoms with E-state index in [0.717, 1.165) is 31.4 Å². The number of nitrogens with zero attached hydrogens (tertiary/aromatic N) is 1. The second-order valence-corrected chi connectivity index (χ2v) is 6.82. The largest absolute Gasteiger partial charge is 0.337 e. The monoisotopic (exact) mass is 277 g/mol. The molecule has 1 saturated heterocycles. The van der Waals surface area contributed by atoms with Gasteiger partial charge in [-0.25, -0.2) is 0 Å². The highest BCUT2D eigenvalue weighted by Gasteiger charge is 2.41. The highest BCUT2D eigenvalue weighted by atomic mass is 35.5. The third kappa shape index (κ3) is 3.54. The molecule has 1 heterocycles. The molecule has 0 aromatic heterocycles. The summed E-state index contributed by atoms with van der Waals surface area (Å²) in [5, 5.41) is 0. The smallest absolute Gasteiger partial charge is 0.238 e. The van der Waals surface area contributed by atoms with Crippen LogP contribution in [0, 0.1) is 0 Å². The molecule has 1 amide bonds. The maximum absolute atomic E-state index is 12.7. The van der Waals surface area contributed by atoms with Crippen LogP contribution in [0.1, 0.15) is 46.5 Å². The molecular weight excluding hydrogens is 254 g/mol. The summed E-state index contributed by atoms with van der Waals surface area (Å²) in [5.74, 6) is 1.94. The molecule has 2 nitrogen and oxygen atoms in total. The van der Waals surface area contributed by atoms with Crippen molar-refractivity contribution in [2.24, 2.45) is 0 Å². The average Bonchev–Trinajstić information content (AvgIpc) is 2.77. The van der Waals surface area contributed by atoms with Gasteiger partial charge in [0.2, 0.25) is 5.91 Å². The van der Waals surface area contributed by atoms with Gasteiger partial charge >= 0.3 is 0 Å². The molecule has 100 valence electrons. The SMILES string of the molecule is CCC(CC)N(CCCl)C(=O)C1(C)CCCS1. The highest BCUT2D eigenvalue weighted by Crippen LogP contribution is 2.39. The molecule has 0 aliphatic carbocycles. The van der Waals surface area contributed by atoms with Crippen molar-refractivity contribution in [1.29, 1.82) is 0 Å². The van der Waals surface area contributed by atoms with Crippen LogP contribution in [-0.2, 0) is 4.79 Å². The van der Waals surface area contributed by atoms with Crippen LogP contribution in [0.15, 0.2) is 0 Å².